The maximum absolute atomic E-state index is 13.2. The van der Waals surface area contributed by atoms with Gasteiger partial charge in [0, 0.05) is 18.3 Å². The van der Waals surface area contributed by atoms with E-state index in [1.54, 1.807) is 13.0 Å². The lowest BCUT2D eigenvalue weighted by atomic mass is 10.2. The third kappa shape index (κ3) is 4.89. The molecule has 1 heterocycles. The minimum absolute atomic E-state index is 0.00989. The number of carbonyl (C=O) groups excluding carboxylic acids is 1. The second-order valence-electron chi connectivity index (χ2n) is 5.54. The smallest absolute Gasteiger partial charge is 0.270 e. The van der Waals surface area contributed by atoms with Gasteiger partial charge in [0.25, 0.3) is 5.91 Å². The highest BCUT2D eigenvalue weighted by molar-refractivity contribution is 6.31. The Labute approximate surface area is 139 Å². The van der Waals surface area contributed by atoms with Crippen molar-refractivity contribution in [2.45, 2.75) is 20.8 Å². The van der Waals surface area contributed by atoms with Gasteiger partial charge in [-0.25, -0.2) is 14.4 Å². The summed E-state index contributed by atoms with van der Waals surface area (Å²) in [4.78, 5) is 20.5. The van der Waals surface area contributed by atoms with E-state index < -0.39 is 5.82 Å². The summed E-state index contributed by atoms with van der Waals surface area (Å²) >= 11 is 5.75. The van der Waals surface area contributed by atoms with Crippen LogP contribution < -0.4 is 10.6 Å². The average molecular weight is 337 g/mol. The second kappa shape index (κ2) is 7.37. The van der Waals surface area contributed by atoms with Gasteiger partial charge in [0.15, 0.2) is 0 Å². The van der Waals surface area contributed by atoms with Gasteiger partial charge in [-0.15, -0.1) is 0 Å². The molecule has 0 radical (unpaired) electrons. The van der Waals surface area contributed by atoms with Crippen molar-refractivity contribution in [1.29, 1.82) is 0 Å². The fraction of sp³-hybridized carbons (Fsp3) is 0.312. The summed E-state index contributed by atoms with van der Waals surface area (Å²) in [5.41, 5.74) is 0.844. The van der Waals surface area contributed by atoms with Crippen LogP contribution in [-0.4, -0.2) is 22.4 Å². The Bertz CT molecular complexity index is 721. The third-order valence-electron chi connectivity index (χ3n) is 2.93. The van der Waals surface area contributed by atoms with E-state index >= 15 is 0 Å². The van der Waals surface area contributed by atoms with Crippen molar-refractivity contribution in [2.75, 3.05) is 11.9 Å². The molecule has 7 heteroatoms. The van der Waals surface area contributed by atoms with Crippen LogP contribution in [0.1, 0.15) is 30.2 Å². The number of nitrogens with one attached hydrogen (secondary N) is 2. The van der Waals surface area contributed by atoms with Crippen molar-refractivity contribution in [3.05, 3.63) is 46.6 Å². The highest BCUT2D eigenvalue weighted by atomic mass is 35.5. The number of anilines is 2. The third-order valence-corrected chi connectivity index (χ3v) is 3.22. The molecule has 0 aliphatic rings. The van der Waals surface area contributed by atoms with Gasteiger partial charge in [-0.3, -0.25) is 4.79 Å². The van der Waals surface area contributed by atoms with Crippen molar-refractivity contribution in [2.24, 2.45) is 5.92 Å². The molecule has 23 heavy (non-hydrogen) atoms. The van der Waals surface area contributed by atoms with E-state index in [2.05, 4.69) is 20.6 Å². The summed E-state index contributed by atoms with van der Waals surface area (Å²) in [6, 6.07) is 5.79. The summed E-state index contributed by atoms with van der Waals surface area (Å²) in [5, 5.41) is 5.81. The molecule has 0 bridgehead atoms. The highest BCUT2D eigenvalue weighted by Crippen LogP contribution is 2.22. The minimum atomic E-state index is -0.496. The molecule has 1 aromatic heterocycles. The van der Waals surface area contributed by atoms with Gasteiger partial charge < -0.3 is 10.6 Å². The largest absolute Gasteiger partial charge is 0.350 e. The summed E-state index contributed by atoms with van der Waals surface area (Å²) in [7, 11) is 0. The normalized spacial score (nSPS) is 10.7. The standard InChI is InChI=1S/C16H18ClFN4O/c1-9(2)8-19-16(23)14-7-15(21-10(3)20-14)22-11-4-5-13(18)12(17)6-11/h4-7,9H,8H2,1-3H3,(H,19,23)(H,20,21,22). The molecule has 0 fully saturated rings. The number of carbonyl (C=O) groups is 1. The van der Waals surface area contributed by atoms with E-state index in [1.807, 2.05) is 13.8 Å². The summed E-state index contributed by atoms with van der Waals surface area (Å²) in [6.07, 6.45) is 0. The lowest BCUT2D eigenvalue weighted by Gasteiger charge is -2.10. The molecule has 122 valence electrons. The van der Waals surface area contributed by atoms with E-state index in [4.69, 9.17) is 11.6 Å². The van der Waals surface area contributed by atoms with E-state index in [0.717, 1.165) is 0 Å². The molecule has 2 aromatic rings. The van der Waals surface area contributed by atoms with Crippen LogP contribution in [0.2, 0.25) is 5.02 Å². The molecule has 2 N–H and O–H groups in total. The Morgan fingerprint density at radius 1 is 1.30 bits per heavy atom. The first-order chi connectivity index (χ1) is 10.8. The van der Waals surface area contributed by atoms with E-state index in [1.165, 1.54) is 18.2 Å². The molecule has 2 rings (SSSR count). The molecule has 0 unspecified atom stereocenters. The van der Waals surface area contributed by atoms with Gasteiger partial charge in [0.05, 0.1) is 5.02 Å². The van der Waals surface area contributed by atoms with Crippen molar-refractivity contribution >= 4 is 29.0 Å². The zero-order valence-corrected chi connectivity index (χ0v) is 13.9. The van der Waals surface area contributed by atoms with Gasteiger partial charge >= 0.3 is 0 Å². The van der Waals surface area contributed by atoms with Crippen molar-refractivity contribution in [1.82, 2.24) is 15.3 Å². The second-order valence-corrected chi connectivity index (χ2v) is 5.95. The van der Waals surface area contributed by atoms with Gasteiger partial charge in [0.2, 0.25) is 0 Å². The summed E-state index contributed by atoms with van der Waals surface area (Å²) in [5.74, 6) is 0.489. The van der Waals surface area contributed by atoms with Crippen molar-refractivity contribution < 1.29 is 9.18 Å². The SMILES string of the molecule is Cc1nc(Nc2ccc(F)c(Cl)c2)cc(C(=O)NCC(C)C)n1. The number of aryl methyl sites for hydroxylation is 1. The van der Waals surface area contributed by atoms with E-state index in [9.17, 15) is 9.18 Å². The van der Waals surface area contributed by atoms with Crippen molar-refractivity contribution in [3.8, 4) is 0 Å². The van der Waals surface area contributed by atoms with Crippen LogP contribution in [0.25, 0.3) is 0 Å². The van der Waals surface area contributed by atoms with Gasteiger partial charge in [-0.1, -0.05) is 25.4 Å². The van der Waals surface area contributed by atoms with E-state index in [-0.39, 0.29) is 16.6 Å². The number of rotatable bonds is 5. The predicted octanol–water partition coefficient (Wildman–Crippen LogP) is 3.71. The fourth-order valence-electron chi connectivity index (χ4n) is 1.86. The van der Waals surface area contributed by atoms with Crippen LogP contribution in [0.15, 0.2) is 24.3 Å². The Morgan fingerprint density at radius 3 is 2.70 bits per heavy atom. The molecule has 0 saturated carbocycles. The predicted molar refractivity (Wildman–Crippen MR) is 88.6 cm³/mol. The molecule has 0 aliphatic carbocycles. The highest BCUT2D eigenvalue weighted by Gasteiger charge is 2.11. The van der Waals surface area contributed by atoms with Crippen molar-refractivity contribution in [3.63, 3.8) is 0 Å². The number of hydrogen-bond acceptors (Lipinski definition) is 4. The number of aromatic nitrogens is 2. The molecular weight excluding hydrogens is 319 g/mol. The van der Waals surface area contributed by atoms with Crippen LogP contribution in [0, 0.1) is 18.7 Å². The molecule has 0 aliphatic heterocycles. The molecular formula is C16H18ClFN4O. The first-order valence-corrected chi connectivity index (χ1v) is 7.59. The van der Waals surface area contributed by atoms with Crippen LogP contribution in [0.5, 0.6) is 0 Å². The quantitative estimate of drug-likeness (QED) is 0.873. The van der Waals surface area contributed by atoms with Crippen LogP contribution >= 0.6 is 11.6 Å². The molecule has 0 atom stereocenters. The molecule has 5 nitrogen and oxygen atoms in total. The van der Waals surface area contributed by atoms with Crippen LogP contribution in [-0.2, 0) is 0 Å². The zero-order chi connectivity index (χ0) is 17.0. The average Bonchev–Trinajstić information content (AvgIpc) is 2.48. The van der Waals surface area contributed by atoms with Gasteiger partial charge in [-0.05, 0) is 31.0 Å². The first kappa shape index (κ1) is 17.1. The number of halogens is 2. The molecule has 1 aromatic carbocycles. The Hall–Kier alpha value is -2.21. The number of amides is 1. The monoisotopic (exact) mass is 336 g/mol. The van der Waals surface area contributed by atoms with Gasteiger partial charge in [0.1, 0.15) is 23.2 Å². The summed E-state index contributed by atoms with van der Waals surface area (Å²) in [6.45, 7) is 6.29. The lowest BCUT2D eigenvalue weighted by Crippen LogP contribution is -2.28. The van der Waals surface area contributed by atoms with E-state index in [0.29, 0.717) is 29.8 Å². The molecule has 0 spiro atoms. The molecule has 0 saturated heterocycles. The fourth-order valence-corrected chi connectivity index (χ4v) is 2.04. The minimum Gasteiger partial charge on any atom is -0.350 e. The first-order valence-electron chi connectivity index (χ1n) is 7.21. The summed E-state index contributed by atoms with van der Waals surface area (Å²) < 4.78 is 13.2. The number of benzene rings is 1. The topological polar surface area (TPSA) is 66.9 Å². The molecule has 1 amide bonds. The van der Waals surface area contributed by atoms with Crippen LogP contribution in [0.3, 0.4) is 0 Å². The van der Waals surface area contributed by atoms with Crippen LogP contribution in [0.4, 0.5) is 15.9 Å². The number of nitrogens with zero attached hydrogens (tertiary/aromatic N) is 2. The Morgan fingerprint density at radius 2 is 2.04 bits per heavy atom. The maximum Gasteiger partial charge on any atom is 0.270 e. The Balaban J connectivity index is 2.19. The lowest BCUT2D eigenvalue weighted by molar-refractivity contribution is 0.0943. The zero-order valence-electron chi connectivity index (χ0n) is 13.2. The number of hydrogen-bond donors (Lipinski definition) is 2. The maximum atomic E-state index is 13.2. The van der Waals surface area contributed by atoms with Gasteiger partial charge in [-0.2, -0.15) is 0 Å². The Kier molecular flexibility index (Phi) is 5.50.